The lowest BCUT2D eigenvalue weighted by Gasteiger charge is -2.14. The molecule has 6 heteroatoms. The number of hydrogen-bond acceptors (Lipinski definition) is 5. The maximum absolute atomic E-state index is 6.10. The number of hydrogen-bond donors (Lipinski definition) is 1. The third kappa shape index (κ3) is 3.02. The van der Waals surface area contributed by atoms with Crippen LogP contribution in [0.5, 0.6) is 0 Å². The van der Waals surface area contributed by atoms with Crippen molar-refractivity contribution >= 4 is 11.8 Å². The Morgan fingerprint density at radius 3 is 2.85 bits per heavy atom. The summed E-state index contributed by atoms with van der Waals surface area (Å²) in [6.07, 6.45) is 4.87. The van der Waals surface area contributed by atoms with Crippen LogP contribution in [0.2, 0.25) is 0 Å². The third-order valence-corrected chi connectivity index (χ3v) is 4.83. The first-order chi connectivity index (χ1) is 9.84. The zero-order chi connectivity index (χ0) is 13.8. The number of thioether (sulfide) groups is 1. The summed E-state index contributed by atoms with van der Waals surface area (Å²) < 4.78 is 1.79. The normalized spacial score (nSPS) is 22.2. The van der Waals surface area contributed by atoms with Gasteiger partial charge in [0.05, 0.1) is 5.69 Å². The molecule has 3 rings (SSSR count). The summed E-state index contributed by atoms with van der Waals surface area (Å²) in [5.74, 6) is 1.69. The Hall–Kier alpha value is -1.40. The highest BCUT2D eigenvalue weighted by molar-refractivity contribution is 7.99. The molecule has 106 valence electrons. The molecule has 0 saturated heterocycles. The Morgan fingerprint density at radius 2 is 2.10 bits per heavy atom. The Labute approximate surface area is 122 Å². The van der Waals surface area contributed by atoms with Crippen molar-refractivity contribution in [3.63, 3.8) is 0 Å². The molecule has 2 unspecified atom stereocenters. The molecule has 1 aliphatic rings. The number of benzene rings is 1. The summed E-state index contributed by atoms with van der Waals surface area (Å²) in [4.78, 5) is 0. The van der Waals surface area contributed by atoms with E-state index in [1.54, 1.807) is 16.4 Å². The van der Waals surface area contributed by atoms with Gasteiger partial charge in [0.2, 0.25) is 5.16 Å². The molecular formula is C14H19N5S. The molecule has 1 heterocycles. The molecule has 0 radical (unpaired) electrons. The van der Waals surface area contributed by atoms with Crippen LogP contribution in [0.15, 0.2) is 35.5 Å². The van der Waals surface area contributed by atoms with Crippen LogP contribution in [0.25, 0.3) is 5.69 Å². The molecule has 1 fully saturated rings. The number of rotatable bonds is 5. The van der Waals surface area contributed by atoms with Gasteiger partial charge in [0.25, 0.3) is 0 Å². The van der Waals surface area contributed by atoms with Crippen molar-refractivity contribution < 1.29 is 0 Å². The van der Waals surface area contributed by atoms with E-state index in [2.05, 4.69) is 15.5 Å². The summed E-state index contributed by atoms with van der Waals surface area (Å²) in [7, 11) is 0. The number of aromatic nitrogens is 4. The van der Waals surface area contributed by atoms with Gasteiger partial charge in [-0.1, -0.05) is 36.4 Å². The van der Waals surface area contributed by atoms with Gasteiger partial charge in [-0.2, -0.15) is 4.68 Å². The molecule has 0 amide bonds. The van der Waals surface area contributed by atoms with Crippen LogP contribution >= 0.6 is 11.8 Å². The fraction of sp³-hybridized carbons (Fsp3) is 0.500. The quantitative estimate of drug-likeness (QED) is 0.855. The monoisotopic (exact) mass is 289 g/mol. The maximum atomic E-state index is 6.10. The molecule has 2 aromatic rings. The smallest absolute Gasteiger partial charge is 0.214 e. The highest BCUT2D eigenvalue weighted by atomic mass is 32.2. The summed E-state index contributed by atoms with van der Waals surface area (Å²) in [5.41, 5.74) is 7.10. The Morgan fingerprint density at radius 1 is 1.25 bits per heavy atom. The number of tetrazole rings is 1. The molecule has 0 spiro atoms. The standard InChI is InChI=1S/C14H19N5S/c15-13-8-4-5-11(13)9-10-20-14-16-17-18-19(14)12-6-2-1-3-7-12/h1-3,6-7,11,13H,4-5,8-10,15H2. The van der Waals surface area contributed by atoms with Crippen LogP contribution in [-0.4, -0.2) is 32.0 Å². The van der Waals surface area contributed by atoms with Crippen LogP contribution in [0.3, 0.4) is 0 Å². The van der Waals surface area contributed by atoms with Crippen molar-refractivity contribution in [2.75, 3.05) is 5.75 Å². The Balaban J connectivity index is 1.60. The van der Waals surface area contributed by atoms with Gasteiger partial charge in [0.15, 0.2) is 0 Å². The largest absolute Gasteiger partial charge is 0.327 e. The van der Waals surface area contributed by atoms with Gasteiger partial charge < -0.3 is 5.73 Å². The predicted molar refractivity (Wildman–Crippen MR) is 79.8 cm³/mol. The molecule has 5 nitrogen and oxygen atoms in total. The minimum absolute atomic E-state index is 0.390. The first-order valence-electron chi connectivity index (χ1n) is 7.07. The van der Waals surface area contributed by atoms with Crippen molar-refractivity contribution in [3.8, 4) is 5.69 Å². The maximum Gasteiger partial charge on any atom is 0.214 e. The second-order valence-corrected chi connectivity index (χ2v) is 6.26. The lowest BCUT2D eigenvalue weighted by Crippen LogP contribution is -2.24. The Bertz CT molecular complexity index is 542. The van der Waals surface area contributed by atoms with Crippen LogP contribution < -0.4 is 5.73 Å². The fourth-order valence-corrected chi connectivity index (χ4v) is 3.69. The molecule has 1 aromatic heterocycles. The molecule has 1 aliphatic carbocycles. The summed E-state index contributed by atoms with van der Waals surface area (Å²) in [5, 5.41) is 12.8. The topological polar surface area (TPSA) is 69.6 Å². The van der Waals surface area contributed by atoms with Crippen LogP contribution in [-0.2, 0) is 0 Å². The van der Waals surface area contributed by atoms with Crippen LogP contribution in [0.1, 0.15) is 25.7 Å². The highest BCUT2D eigenvalue weighted by Gasteiger charge is 2.23. The van der Waals surface area contributed by atoms with Crippen LogP contribution in [0.4, 0.5) is 0 Å². The molecule has 2 atom stereocenters. The zero-order valence-electron chi connectivity index (χ0n) is 11.4. The van der Waals surface area contributed by atoms with Crippen molar-refractivity contribution in [1.29, 1.82) is 0 Å². The van der Waals surface area contributed by atoms with E-state index in [1.165, 1.54) is 19.3 Å². The van der Waals surface area contributed by atoms with Crippen molar-refractivity contribution in [2.24, 2.45) is 11.7 Å². The molecule has 20 heavy (non-hydrogen) atoms. The fourth-order valence-electron chi connectivity index (χ4n) is 2.73. The summed E-state index contributed by atoms with van der Waals surface area (Å²) in [6, 6.07) is 10.4. The zero-order valence-corrected chi connectivity index (χ0v) is 12.2. The SMILES string of the molecule is NC1CCCC1CCSc1nnnn1-c1ccccc1. The first kappa shape index (κ1) is 13.6. The summed E-state index contributed by atoms with van der Waals surface area (Å²) >= 11 is 1.71. The Kier molecular flexibility index (Phi) is 4.32. The van der Waals surface area contributed by atoms with Gasteiger partial charge >= 0.3 is 0 Å². The second-order valence-electron chi connectivity index (χ2n) is 5.20. The molecule has 1 saturated carbocycles. The van der Waals surface area contributed by atoms with E-state index in [9.17, 15) is 0 Å². The van der Waals surface area contributed by atoms with E-state index in [1.807, 2.05) is 30.3 Å². The number of para-hydroxylation sites is 1. The first-order valence-corrected chi connectivity index (χ1v) is 8.05. The van der Waals surface area contributed by atoms with Gasteiger partial charge in [-0.25, -0.2) is 0 Å². The highest BCUT2D eigenvalue weighted by Crippen LogP contribution is 2.29. The second kappa shape index (κ2) is 6.37. The molecule has 1 aromatic carbocycles. The number of nitrogens with zero attached hydrogens (tertiary/aromatic N) is 4. The minimum atomic E-state index is 0.390. The number of nitrogens with two attached hydrogens (primary N) is 1. The average molecular weight is 289 g/mol. The molecule has 0 bridgehead atoms. The molecular weight excluding hydrogens is 270 g/mol. The summed E-state index contributed by atoms with van der Waals surface area (Å²) in [6.45, 7) is 0. The predicted octanol–water partition coefficient (Wildman–Crippen LogP) is 2.27. The van der Waals surface area contributed by atoms with Gasteiger partial charge in [0.1, 0.15) is 0 Å². The van der Waals surface area contributed by atoms with Crippen LogP contribution in [0, 0.1) is 5.92 Å². The van der Waals surface area contributed by atoms with Gasteiger partial charge in [-0.3, -0.25) is 0 Å². The van der Waals surface area contributed by atoms with Gasteiger partial charge in [-0.05, 0) is 47.7 Å². The molecule has 2 N–H and O–H groups in total. The van der Waals surface area contributed by atoms with Gasteiger partial charge in [-0.15, -0.1) is 5.10 Å². The van der Waals surface area contributed by atoms with E-state index < -0.39 is 0 Å². The third-order valence-electron chi connectivity index (χ3n) is 3.88. The van der Waals surface area contributed by atoms with E-state index >= 15 is 0 Å². The van der Waals surface area contributed by atoms with E-state index in [0.29, 0.717) is 12.0 Å². The lowest BCUT2D eigenvalue weighted by molar-refractivity contribution is 0.470. The van der Waals surface area contributed by atoms with Gasteiger partial charge in [0, 0.05) is 11.8 Å². The van der Waals surface area contributed by atoms with Crippen molar-refractivity contribution in [1.82, 2.24) is 20.2 Å². The molecule has 0 aliphatic heterocycles. The van der Waals surface area contributed by atoms with E-state index in [0.717, 1.165) is 23.0 Å². The van der Waals surface area contributed by atoms with E-state index in [-0.39, 0.29) is 0 Å². The average Bonchev–Trinajstić information content (AvgIpc) is 3.10. The lowest BCUT2D eigenvalue weighted by atomic mass is 10.0. The van der Waals surface area contributed by atoms with Crippen molar-refractivity contribution in [3.05, 3.63) is 30.3 Å². The van der Waals surface area contributed by atoms with Crippen molar-refractivity contribution in [2.45, 2.75) is 36.9 Å². The van der Waals surface area contributed by atoms with E-state index in [4.69, 9.17) is 5.73 Å². The minimum Gasteiger partial charge on any atom is -0.327 e.